The van der Waals surface area contributed by atoms with Crippen LogP contribution in [0.2, 0.25) is 0 Å². The second-order valence-electron chi connectivity index (χ2n) is 4.36. The molecule has 3 atom stereocenters. The van der Waals surface area contributed by atoms with E-state index in [9.17, 15) is 5.11 Å². The highest BCUT2D eigenvalue weighted by atomic mass is 16.5. The first-order valence-corrected chi connectivity index (χ1v) is 5.02. The molecule has 1 N–H and O–H groups in total. The lowest BCUT2D eigenvalue weighted by atomic mass is 9.67. The zero-order chi connectivity index (χ0) is 8.60. The van der Waals surface area contributed by atoms with Crippen LogP contribution >= 0.6 is 0 Å². The SMILES string of the molecule is CC1CO[C@@H]2CCCC[C@]12CO. The van der Waals surface area contributed by atoms with Crippen molar-refractivity contribution in [1.82, 2.24) is 0 Å². The molecule has 0 aromatic rings. The normalized spacial score (nSPS) is 47.5. The number of hydrogen-bond acceptors (Lipinski definition) is 2. The van der Waals surface area contributed by atoms with Crippen LogP contribution in [-0.4, -0.2) is 24.4 Å². The molecule has 2 nitrogen and oxygen atoms in total. The van der Waals surface area contributed by atoms with Gasteiger partial charge in [0.2, 0.25) is 0 Å². The summed E-state index contributed by atoms with van der Waals surface area (Å²) in [6.07, 6.45) is 5.22. The number of fused-ring (bicyclic) bond motifs is 1. The molecule has 0 aromatic carbocycles. The van der Waals surface area contributed by atoms with Crippen molar-refractivity contribution in [2.75, 3.05) is 13.2 Å². The van der Waals surface area contributed by atoms with Crippen LogP contribution in [0.1, 0.15) is 32.6 Å². The highest BCUT2D eigenvalue weighted by Crippen LogP contribution is 2.48. The zero-order valence-corrected chi connectivity index (χ0v) is 7.75. The third kappa shape index (κ3) is 1.01. The molecule has 0 aromatic heterocycles. The predicted octanol–water partition coefficient (Wildman–Crippen LogP) is 1.57. The van der Waals surface area contributed by atoms with Crippen molar-refractivity contribution in [2.24, 2.45) is 11.3 Å². The maximum absolute atomic E-state index is 9.44. The Kier molecular flexibility index (Phi) is 2.13. The van der Waals surface area contributed by atoms with E-state index in [1.807, 2.05) is 0 Å². The summed E-state index contributed by atoms with van der Waals surface area (Å²) in [5, 5.41) is 9.44. The molecule has 1 heterocycles. The van der Waals surface area contributed by atoms with Crippen LogP contribution in [0.25, 0.3) is 0 Å². The van der Waals surface area contributed by atoms with Gasteiger partial charge in [-0.15, -0.1) is 0 Å². The third-order valence-electron chi connectivity index (χ3n) is 3.82. The number of ether oxygens (including phenoxy) is 1. The van der Waals surface area contributed by atoms with Crippen molar-refractivity contribution in [3.8, 4) is 0 Å². The molecular formula is C10H18O2. The number of aliphatic hydroxyl groups is 1. The summed E-state index contributed by atoms with van der Waals surface area (Å²) in [6, 6.07) is 0. The van der Waals surface area contributed by atoms with E-state index in [1.54, 1.807) is 0 Å². The van der Waals surface area contributed by atoms with Gasteiger partial charge in [0.1, 0.15) is 0 Å². The molecule has 1 saturated carbocycles. The van der Waals surface area contributed by atoms with Crippen LogP contribution in [-0.2, 0) is 4.74 Å². The smallest absolute Gasteiger partial charge is 0.0656 e. The quantitative estimate of drug-likeness (QED) is 0.647. The fourth-order valence-electron chi connectivity index (χ4n) is 2.81. The summed E-state index contributed by atoms with van der Waals surface area (Å²) in [6.45, 7) is 3.38. The lowest BCUT2D eigenvalue weighted by Gasteiger charge is -2.39. The molecule has 0 amide bonds. The summed E-state index contributed by atoms with van der Waals surface area (Å²) in [5.74, 6) is 0.549. The van der Waals surface area contributed by atoms with Crippen molar-refractivity contribution in [3.63, 3.8) is 0 Å². The van der Waals surface area contributed by atoms with Crippen LogP contribution in [0.15, 0.2) is 0 Å². The second kappa shape index (κ2) is 3.00. The Morgan fingerprint density at radius 1 is 1.50 bits per heavy atom. The summed E-state index contributed by atoms with van der Waals surface area (Å²) >= 11 is 0. The Morgan fingerprint density at radius 2 is 2.33 bits per heavy atom. The van der Waals surface area contributed by atoms with Crippen molar-refractivity contribution in [1.29, 1.82) is 0 Å². The third-order valence-corrected chi connectivity index (χ3v) is 3.82. The van der Waals surface area contributed by atoms with Crippen molar-refractivity contribution in [2.45, 2.75) is 38.7 Å². The molecule has 2 rings (SSSR count). The van der Waals surface area contributed by atoms with Crippen molar-refractivity contribution in [3.05, 3.63) is 0 Å². The Hall–Kier alpha value is -0.0800. The Balaban J connectivity index is 2.19. The van der Waals surface area contributed by atoms with E-state index < -0.39 is 0 Å². The van der Waals surface area contributed by atoms with E-state index in [0.29, 0.717) is 18.6 Å². The lowest BCUT2D eigenvalue weighted by molar-refractivity contribution is -0.0222. The maximum atomic E-state index is 9.44. The molecule has 0 radical (unpaired) electrons. The van der Waals surface area contributed by atoms with E-state index >= 15 is 0 Å². The zero-order valence-electron chi connectivity index (χ0n) is 7.75. The van der Waals surface area contributed by atoms with Gasteiger partial charge in [0, 0.05) is 5.41 Å². The van der Waals surface area contributed by atoms with Gasteiger partial charge in [-0.05, 0) is 18.8 Å². The standard InChI is InChI=1S/C10H18O2/c1-8-6-12-9-4-2-3-5-10(8,9)7-11/h8-9,11H,2-7H2,1H3/t8?,9-,10+/m1/s1. The molecule has 2 heteroatoms. The fourth-order valence-corrected chi connectivity index (χ4v) is 2.81. The summed E-state index contributed by atoms with van der Waals surface area (Å²) < 4.78 is 5.70. The van der Waals surface area contributed by atoms with Crippen molar-refractivity contribution >= 4 is 0 Å². The monoisotopic (exact) mass is 170 g/mol. The molecule has 70 valence electrons. The van der Waals surface area contributed by atoms with Crippen molar-refractivity contribution < 1.29 is 9.84 Å². The molecule has 12 heavy (non-hydrogen) atoms. The van der Waals surface area contributed by atoms with Gasteiger partial charge < -0.3 is 9.84 Å². The Labute approximate surface area is 73.9 Å². The van der Waals surface area contributed by atoms with Gasteiger partial charge in [-0.1, -0.05) is 19.8 Å². The minimum absolute atomic E-state index is 0.123. The first kappa shape index (κ1) is 8.52. The molecule has 2 fully saturated rings. The lowest BCUT2D eigenvalue weighted by Crippen LogP contribution is -2.41. The first-order chi connectivity index (χ1) is 5.79. The fraction of sp³-hybridized carbons (Fsp3) is 1.00. The minimum atomic E-state index is 0.123. The number of hydrogen-bond donors (Lipinski definition) is 1. The molecule has 0 spiro atoms. The van der Waals surface area contributed by atoms with Crippen LogP contribution < -0.4 is 0 Å². The van der Waals surface area contributed by atoms with Gasteiger partial charge in [-0.25, -0.2) is 0 Å². The van der Waals surface area contributed by atoms with Gasteiger partial charge in [0.25, 0.3) is 0 Å². The van der Waals surface area contributed by atoms with Crippen LogP contribution in [0, 0.1) is 11.3 Å². The van der Waals surface area contributed by atoms with Crippen LogP contribution in [0.5, 0.6) is 0 Å². The number of rotatable bonds is 1. The first-order valence-electron chi connectivity index (χ1n) is 5.02. The van der Waals surface area contributed by atoms with E-state index in [0.717, 1.165) is 19.4 Å². The van der Waals surface area contributed by atoms with Crippen LogP contribution in [0.4, 0.5) is 0 Å². The average molecular weight is 170 g/mol. The number of aliphatic hydroxyl groups excluding tert-OH is 1. The largest absolute Gasteiger partial charge is 0.396 e. The van der Waals surface area contributed by atoms with Gasteiger partial charge >= 0.3 is 0 Å². The average Bonchev–Trinajstić information content (AvgIpc) is 2.45. The molecule has 1 aliphatic carbocycles. The topological polar surface area (TPSA) is 29.5 Å². The van der Waals surface area contributed by atoms with Gasteiger partial charge in [0.05, 0.1) is 19.3 Å². The van der Waals surface area contributed by atoms with E-state index in [2.05, 4.69) is 6.92 Å². The molecule has 1 saturated heterocycles. The van der Waals surface area contributed by atoms with E-state index in [-0.39, 0.29) is 5.41 Å². The molecule has 1 aliphatic heterocycles. The highest BCUT2D eigenvalue weighted by Gasteiger charge is 2.49. The summed E-state index contributed by atoms with van der Waals surface area (Å²) in [4.78, 5) is 0. The summed E-state index contributed by atoms with van der Waals surface area (Å²) in [7, 11) is 0. The maximum Gasteiger partial charge on any atom is 0.0656 e. The Morgan fingerprint density at radius 3 is 3.00 bits per heavy atom. The predicted molar refractivity (Wildman–Crippen MR) is 46.9 cm³/mol. The van der Waals surface area contributed by atoms with Gasteiger partial charge in [-0.2, -0.15) is 0 Å². The van der Waals surface area contributed by atoms with Gasteiger partial charge in [-0.3, -0.25) is 0 Å². The molecule has 2 aliphatic rings. The molecule has 1 unspecified atom stereocenters. The second-order valence-corrected chi connectivity index (χ2v) is 4.36. The summed E-state index contributed by atoms with van der Waals surface area (Å²) in [5.41, 5.74) is 0.123. The molecular weight excluding hydrogens is 152 g/mol. The van der Waals surface area contributed by atoms with E-state index in [1.165, 1.54) is 12.8 Å². The van der Waals surface area contributed by atoms with Crippen LogP contribution in [0.3, 0.4) is 0 Å². The minimum Gasteiger partial charge on any atom is -0.396 e. The van der Waals surface area contributed by atoms with E-state index in [4.69, 9.17) is 4.74 Å². The highest BCUT2D eigenvalue weighted by molar-refractivity contribution is 4.97. The Bertz CT molecular complexity index is 167. The van der Waals surface area contributed by atoms with Gasteiger partial charge in [0.15, 0.2) is 0 Å². The molecule has 0 bridgehead atoms.